The maximum absolute atomic E-state index is 11.1. The van der Waals surface area contributed by atoms with Crippen LogP contribution in [-0.4, -0.2) is 42.9 Å². The fourth-order valence-electron chi connectivity index (χ4n) is 1.45. The highest BCUT2D eigenvalue weighted by Crippen LogP contribution is 2.17. The van der Waals surface area contributed by atoms with Gasteiger partial charge in [0.1, 0.15) is 10.3 Å². The Bertz CT molecular complexity index is 344. The molecule has 0 aromatic heterocycles. The number of hydrogen-bond acceptors (Lipinski definition) is 4. The Balaban J connectivity index is 2.18. The summed E-state index contributed by atoms with van der Waals surface area (Å²) in [6.07, 6.45) is 0.0930. The van der Waals surface area contributed by atoms with Crippen molar-refractivity contribution in [3.63, 3.8) is 0 Å². The van der Waals surface area contributed by atoms with Gasteiger partial charge in [0.05, 0.1) is 11.5 Å². The smallest absolute Gasteiger partial charge is 0.407 e. The Morgan fingerprint density at radius 2 is 2.19 bits per heavy atom. The third-order valence-corrected chi connectivity index (χ3v) is 4.57. The third-order valence-electron chi connectivity index (χ3n) is 2.20. The van der Waals surface area contributed by atoms with Crippen molar-refractivity contribution in [3.05, 3.63) is 0 Å². The molecule has 0 spiro atoms. The zero-order valence-corrected chi connectivity index (χ0v) is 12.5. The van der Waals surface area contributed by atoms with Crippen LogP contribution in [-0.2, 0) is 14.6 Å². The molecule has 0 aromatic rings. The molecule has 16 heavy (non-hydrogen) atoms. The van der Waals surface area contributed by atoms with Crippen LogP contribution in [0.25, 0.3) is 0 Å². The molecule has 0 bridgehead atoms. The summed E-state index contributed by atoms with van der Waals surface area (Å²) in [5.74, 6) is 0.396. The molecule has 1 saturated heterocycles. The van der Waals surface area contributed by atoms with Crippen LogP contribution in [0.3, 0.4) is 0 Å². The number of hydrogen-bond donors (Lipinski definition) is 1. The fraction of sp³-hybridized carbons (Fsp3) is 0.875. The highest BCUT2D eigenvalue weighted by atomic mass is 79.9. The van der Waals surface area contributed by atoms with E-state index in [-0.39, 0.29) is 27.8 Å². The molecule has 0 unspecified atom stereocenters. The molecule has 0 aromatic carbocycles. The molecular formula is C8H13Br2NO4S. The molecule has 1 aliphatic heterocycles. The molecule has 0 radical (unpaired) electrons. The van der Waals surface area contributed by atoms with Crippen LogP contribution in [0.1, 0.15) is 6.42 Å². The Morgan fingerprint density at radius 3 is 2.69 bits per heavy atom. The minimum Gasteiger partial charge on any atom is -0.447 e. The van der Waals surface area contributed by atoms with Crippen LogP contribution < -0.4 is 5.32 Å². The molecule has 1 amide bonds. The molecule has 0 aliphatic carbocycles. The van der Waals surface area contributed by atoms with Crippen molar-refractivity contribution in [1.82, 2.24) is 5.32 Å². The van der Waals surface area contributed by atoms with Crippen molar-refractivity contribution in [2.75, 3.05) is 24.7 Å². The van der Waals surface area contributed by atoms with Crippen molar-refractivity contribution in [3.8, 4) is 0 Å². The van der Waals surface area contributed by atoms with Crippen molar-refractivity contribution in [2.45, 2.75) is 10.2 Å². The van der Waals surface area contributed by atoms with Gasteiger partial charge in [0, 0.05) is 6.54 Å². The molecule has 1 heterocycles. The molecule has 94 valence electrons. The molecule has 1 N–H and O–H groups in total. The normalized spacial score (nSPS) is 23.3. The zero-order valence-electron chi connectivity index (χ0n) is 8.49. The molecule has 1 aliphatic rings. The lowest BCUT2D eigenvalue weighted by Crippen LogP contribution is -2.31. The lowest BCUT2D eigenvalue weighted by molar-refractivity contribution is 0.151. The second-order valence-electron chi connectivity index (χ2n) is 3.64. The van der Waals surface area contributed by atoms with Crippen LogP contribution in [0.4, 0.5) is 4.79 Å². The first kappa shape index (κ1) is 14.2. The number of rotatable bonds is 4. The van der Waals surface area contributed by atoms with Crippen molar-refractivity contribution >= 4 is 47.8 Å². The van der Waals surface area contributed by atoms with E-state index in [9.17, 15) is 13.2 Å². The highest BCUT2D eigenvalue weighted by Gasteiger charge is 2.27. The van der Waals surface area contributed by atoms with E-state index >= 15 is 0 Å². The van der Waals surface area contributed by atoms with Crippen LogP contribution in [0.2, 0.25) is 0 Å². The number of carbonyl (C=O) groups excluding carboxylic acids is 1. The van der Waals surface area contributed by atoms with Gasteiger partial charge in [-0.1, -0.05) is 31.9 Å². The maximum atomic E-state index is 11.1. The van der Waals surface area contributed by atoms with E-state index in [2.05, 4.69) is 37.2 Å². The lowest BCUT2D eigenvalue weighted by atomic mass is 10.1. The zero-order chi connectivity index (χ0) is 12.2. The monoisotopic (exact) mass is 377 g/mol. The highest BCUT2D eigenvalue weighted by molar-refractivity contribution is 9.24. The van der Waals surface area contributed by atoms with Crippen LogP contribution >= 0.6 is 31.9 Å². The predicted molar refractivity (Wildman–Crippen MR) is 67.8 cm³/mol. The first-order valence-electron chi connectivity index (χ1n) is 4.78. The number of carbonyl (C=O) groups is 1. The lowest BCUT2D eigenvalue weighted by Gasteiger charge is -2.10. The van der Waals surface area contributed by atoms with E-state index in [1.54, 1.807) is 0 Å². The van der Waals surface area contributed by atoms with Crippen molar-refractivity contribution < 1.29 is 17.9 Å². The second-order valence-corrected chi connectivity index (χ2v) is 9.31. The van der Waals surface area contributed by atoms with Crippen molar-refractivity contribution in [1.29, 1.82) is 0 Å². The Hall–Kier alpha value is 0.180. The molecule has 8 heteroatoms. The number of alkyl carbamates (subject to hydrolysis) is 1. The van der Waals surface area contributed by atoms with Gasteiger partial charge < -0.3 is 10.1 Å². The number of ether oxygens (including phenoxy) is 1. The molecule has 1 fully saturated rings. The summed E-state index contributed by atoms with van der Waals surface area (Å²) in [6, 6.07) is 0. The Morgan fingerprint density at radius 1 is 1.50 bits per heavy atom. The Labute approximate surface area is 111 Å². The summed E-state index contributed by atoms with van der Waals surface area (Å²) in [5.41, 5.74) is 0. The summed E-state index contributed by atoms with van der Waals surface area (Å²) < 4.78 is 27.0. The largest absolute Gasteiger partial charge is 0.447 e. The van der Waals surface area contributed by atoms with Crippen LogP contribution in [0.15, 0.2) is 0 Å². The van der Waals surface area contributed by atoms with Gasteiger partial charge in [-0.25, -0.2) is 13.2 Å². The number of halogens is 2. The number of amides is 1. The summed E-state index contributed by atoms with van der Waals surface area (Å²) in [7, 11) is -2.88. The van der Waals surface area contributed by atoms with E-state index in [1.165, 1.54) is 0 Å². The average Bonchev–Trinajstić information content (AvgIpc) is 2.52. The first-order chi connectivity index (χ1) is 7.39. The first-order valence-corrected chi connectivity index (χ1v) is 8.43. The van der Waals surface area contributed by atoms with E-state index < -0.39 is 15.9 Å². The van der Waals surface area contributed by atoms with E-state index in [4.69, 9.17) is 4.74 Å². The SMILES string of the molecule is O=C(NC[C@H]1CCS(=O)(=O)C1)OCC(Br)Br. The van der Waals surface area contributed by atoms with E-state index in [0.29, 0.717) is 13.0 Å². The van der Waals surface area contributed by atoms with Gasteiger partial charge in [-0.3, -0.25) is 0 Å². The number of alkyl halides is 2. The van der Waals surface area contributed by atoms with E-state index in [0.717, 1.165) is 0 Å². The molecular weight excluding hydrogens is 366 g/mol. The number of sulfone groups is 1. The second kappa shape index (κ2) is 6.20. The van der Waals surface area contributed by atoms with Gasteiger partial charge in [-0.2, -0.15) is 0 Å². The van der Waals surface area contributed by atoms with Gasteiger partial charge in [0.15, 0.2) is 9.84 Å². The summed E-state index contributed by atoms with van der Waals surface area (Å²) in [5, 5.41) is 2.55. The maximum Gasteiger partial charge on any atom is 0.407 e. The molecule has 1 rings (SSSR count). The van der Waals surface area contributed by atoms with Gasteiger partial charge in [-0.15, -0.1) is 0 Å². The molecule has 0 saturated carbocycles. The summed E-state index contributed by atoms with van der Waals surface area (Å²) >= 11 is 6.33. The Kier molecular flexibility index (Phi) is 5.52. The quantitative estimate of drug-likeness (QED) is 0.747. The minimum atomic E-state index is -2.88. The average molecular weight is 379 g/mol. The van der Waals surface area contributed by atoms with Gasteiger partial charge in [-0.05, 0) is 12.3 Å². The van der Waals surface area contributed by atoms with Gasteiger partial charge in [0.2, 0.25) is 0 Å². The van der Waals surface area contributed by atoms with E-state index in [1.807, 2.05) is 0 Å². The molecule has 1 atom stereocenters. The van der Waals surface area contributed by atoms with Gasteiger partial charge in [0.25, 0.3) is 0 Å². The third kappa shape index (κ3) is 5.49. The van der Waals surface area contributed by atoms with Crippen LogP contribution in [0, 0.1) is 5.92 Å². The standard InChI is InChI=1S/C8H13Br2NO4S/c9-7(10)4-15-8(12)11-3-6-1-2-16(13,14)5-6/h6-7H,1-5H2,(H,11,12)/t6-/m1/s1. The van der Waals surface area contributed by atoms with Gasteiger partial charge >= 0.3 is 6.09 Å². The summed E-state index contributed by atoms with van der Waals surface area (Å²) in [4.78, 5) is 11.1. The topological polar surface area (TPSA) is 72.5 Å². The number of nitrogens with one attached hydrogen (secondary N) is 1. The van der Waals surface area contributed by atoms with Crippen molar-refractivity contribution in [2.24, 2.45) is 5.92 Å². The summed E-state index contributed by atoms with van der Waals surface area (Å²) in [6.45, 7) is 0.572. The molecule has 5 nitrogen and oxygen atoms in total. The predicted octanol–water partition coefficient (Wildman–Crippen LogP) is 1.26. The fourth-order valence-corrected chi connectivity index (χ4v) is 3.58. The van der Waals surface area contributed by atoms with Crippen LogP contribution in [0.5, 0.6) is 0 Å². The minimum absolute atomic E-state index is 0.0151.